The maximum Gasteiger partial charge on any atom is 0.136 e. The van der Waals surface area contributed by atoms with Gasteiger partial charge in [0.05, 0.1) is 6.10 Å². The minimum absolute atomic E-state index is 0.226. The Morgan fingerprint density at radius 3 is 2.28 bits per heavy atom. The summed E-state index contributed by atoms with van der Waals surface area (Å²) in [5.74, 6) is 1.52. The largest absolute Gasteiger partial charge is 0.391 e. The van der Waals surface area contributed by atoms with Crippen molar-refractivity contribution in [1.82, 2.24) is 14.9 Å². The molecule has 0 radical (unpaired) electrons. The lowest BCUT2D eigenvalue weighted by Gasteiger charge is -2.37. The lowest BCUT2D eigenvalue weighted by molar-refractivity contribution is 0.109. The molecule has 0 bridgehead atoms. The maximum atomic E-state index is 13.3. The van der Waals surface area contributed by atoms with Gasteiger partial charge >= 0.3 is 0 Å². The van der Waals surface area contributed by atoms with Crippen molar-refractivity contribution in [3.8, 4) is 0 Å². The first-order chi connectivity index (χ1) is 15.5. The fraction of sp³-hybridized carbons (Fsp3) is 0.385. The molecule has 1 aliphatic rings. The number of aliphatic hydroxyl groups excluding tert-OH is 1. The molecule has 2 heterocycles. The van der Waals surface area contributed by atoms with Gasteiger partial charge < -0.3 is 10.0 Å². The number of nitrogens with zero attached hydrogens (tertiary/aromatic N) is 4. The highest BCUT2D eigenvalue weighted by molar-refractivity contribution is 5.51. The second kappa shape index (κ2) is 10.2. The molecule has 1 unspecified atom stereocenters. The summed E-state index contributed by atoms with van der Waals surface area (Å²) in [4.78, 5) is 14.0. The van der Waals surface area contributed by atoms with Gasteiger partial charge in [-0.3, -0.25) is 4.90 Å². The lowest BCUT2D eigenvalue weighted by atomic mass is 10.0. The summed E-state index contributed by atoms with van der Waals surface area (Å²) in [5, 5.41) is 10.5. The van der Waals surface area contributed by atoms with E-state index >= 15 is 0 Å². The summed E-state index contributed by atoms with van der Waals surface area (Å²) in [6.45, 7) is 8.08. The number of rotatable bonds is 7. The standard InChI is InChI=1S/C26H31FN4O/c1-19-25(17-22-8-10-23(27)11-9-22)26(29-20(2)28-19)31-14-12-30(13-15-31)18-24(32)16-21-6-4-3-5-7-21/h3-11,24,32H,12-18H2,1-2H3. The zero-order valence-electron chi connectivity index (χ0n) is 18.8. The third kappa shape index (κ3) is 5.69. The van der Waals surface area contributed by atoms with Gasteiger partial charge in [0.25, 0.3) is 0 Å². The van der Waals surface area contributed by atoms with Crippen molar-refractivity contribution >= 4 is 5.82 Å². The van der Waals surface area contributed by atoms with E-state index in [9.17, 15) is 9.50 Å². The number of halogens is 1. The zero-order valence-corrected chi connectivity index (χ0v) is 18.8. The van der Waals surface area contributed by atoms with E-state index < -0.39 is 0 Å². The molecule has 2 aromatic carbocycles. The minimum Gasteiger partial charge on any atom is -0.391 e. The highest BCUT2D eigenvalue weighted by Crippen LogP contribution is 2.25. The van der Waals surface area contributed by atoms with Crippen LogP contribution in [0.5, 0.6) is 0 Å². The number of aromatic nitrogens is 2. The number of aryl methyl sites for hydroxylation is 2. The predicted octanol–water partition coefficient (Wildman–Crippen LogP) is 3.55. The quantitative estimate of drug-likeness (QED) is 0.616. The normalized spacial score (nSPS) is 15.7. The summed E-state index contributed by atoms with van der Waals surface area (Å²) < 4.78 is 13.3. The van der Waals surface area contributed by atoms with Gasteiger partial charge in [-0.1, -0.05) is 42.5 Å². The first-order valence-corrected chi connectivity index (χ1v) is 11.3. The van der Waals surface area contributed by atoms with E-state index in [4.69, 9.17) is 4.98 Å². The average Bonchev–Trinajstić information content (AvgIpc) is 2.78. The number of hydrogen-bond donors (Lipinski definition) is 1. The Kier molecular flexibility index (Phi) is 7.12. The van der Waals surface area contributed by atoms with Gasteiger partial charge in [-0.05, 0) is 43.5 Å². The van der Waals surface area contributed by atoms with Crippen LogP contribution < -0.4 is 4.90 Å². The molecule has 4 rings (SSSR count). The fourth-order valence-electron chi connectivity index (χ4n) is 4.38. The molecular weight excluding hydrogens is 403 g/mol. The Hall–Kier alpha value is -2.83. The maximum absolute atomic E-state index is 13.3. The molecule has 0 aliphatic carbocycles. The number of anilines is 1. The molecule has 32 heavy (non-hydrogen) atoms. The molecule has 0 amide bonds. The monoisotopic (exact) mass is 434 g/mol. The Balaban J connectivity index is 1.41. The molecule has 1 atom stereocenters. The van der Waals surface area contributed by atoms with E-state index in [1.807, 2.05) is 44.2 Å². The second-order valence-electron chi connectivity index (χ2n) is 8.59. The van der Waals surface area contributed by atoms with Gasteiger partial charge in [0.15, 0.2) is 0 Å². The Morgan fingerprint density at radius 1 is 0.906 bits per heavy atom. The highest BCUT2D eigenvalue weighted by Gasteiger charge is 2.23. The van der Waals surface area contributed by atoms with Crippen molar-refractivity contribution in [2.75, 3.05) is 37.6 Å². The van der Waals surface area contributed by atoms with E-state index in [1.165, 1.54) is 12.1 Å². The van der Waals surface area contributed by atoms with Crippen molar-refractivity contribution in [1.29, 1.82) is 0 Å². The molecule has 1 fully saturated rings. The average molecular weight is 435 g/mol. The van der Waals surface area contributed by atoms with Crippen LogP contribution in [0.1, 0.15) is 28.2 Å². The summed E-state index contributed by atoms with van der Waals surface area (Å²) in [5.41, 5.74) is 4.28. The topological polar surface area (TPSA) is 52.5 Å². The van der Waals surface area contributed by atoms with Crippen LogP contribution in [-0.4, -0.2) is 58.8 Å². The molecule has 1 N–H and O–H groups in total. The number of benzene rings is 2. The third-order valence-electron chi connectivity index (χ3n) is 6.05. The molecule has 6 heteroatoms. The van der Waals surface area contributed by atoms with Gasteiger partial charge in [-0.25, -0.2) is 14.4 Å². The first kappa shape index (κ1) is 22.4. The van der Waals surface area contributed by atoms with E-state index in [1.54, 1.807) is 0 Å². The van der Waals surface area contributed by atoms with Crippen LogP contribution in [0.15, 0.2) is 54.6 Å². The van der Waals surface area contributed by atoms with Crippen LogP contribution in [-0.2, 0) is 12.8 Å². The second-order valence-corrected chi connectivity index (χ2v) is 8.59. The van der Waals surface area contributed by atoms with Gasteiger partial charge in [-0.2, -0.15) is 0 Å². The Morgan fingerprint density at radius 2 is 1.59 bits per heavy atom. The predicted molar refractivity (Wildman–Crippen MR) is 126 cm³/mol. The van der Waals surface area contributed by atoms with E-state index in [0.29, 0.717) is 19.4 Å². The minimum atomic E-state index is -0.374. The molecule has 3 aromatic rings. The van der Waals surface area contributed by atoms with Gasteiger partial charge in [0.1, 0.15) is 17.5 Å². The van der Waals surface area contributed by atoms with Crippen LogP contribution in [0.3, 0.4) is 0 Å². The van der Waals surface area contributed by atoms with Crippen LogP contribution in [0, 0.1) is 19.7 Å². The van der Waals surface area contributed by atoms with Gasteiger partial charge in [0.2, 0.25) is 0 Å². The Labute approximate surface area is 189 Å². The molecular formula is C26H31FN4O. The highest BCUT2D eigenvalue weighted by atomic mass is 19.1. The number of piperazine rings is 1. The summed E-state index contributed by atoms with van der Waals surface area (Å²) in [6, 6.07) is 16.8. The summed E-state index contributed by atoms with van der Waals surface area (Å²) >= 11 is 0. The lowest BCUT2D eigenvalue weighted by Crippen LogP contribution is -2.49. The summed E-state index contributed by atoms with van der Waals surface area (Å²) in [6.07, 6.45) is 0.978. The molecule has 5 nitrogen and oxygen atoms in total. The van der Waals surface area contributed by atoms with Gasteiger partial charge in [-0.15, -0.1) is 0 Å². The molecule has 0 saturated carbocycles. The van der Waals surface area contributed by atoms with Crippen LogP contribution in [0.25, 0.3) is 0 Å². The van der Waals surface area contributed by atoms with Gasteiger partial charge in [0, 0.05) is 50.4 Å². The van der Waals surface area contributed by atoms with Crippen molar-refractivity contribution < 1.29 is 9.50 Å². The van der Waals surface area contributed by atoms with Crippen LogP contribution in [0.4, 0.5) is 10.2 Å². The van der Waals surface area contributed by atoms with Crippen molar-refractivity contribution in [2.24, 2.45) is 0 Å². The zero-order chi connectivity index (χ0) is 22.5. The third-order valence-corrected chi connectivity index (χ3v) is 6.05. The molecule has 1 aromatic heterocycles. The Bertz CT molecular complexity index is 1020. The van der Waals surface area contributed by atoms with E-state index in [0.717, 1.165) is 60.2 Å². The van der Waals surface area contributed by atoms with E-state index in [-0.39, 0.29) is 11.9 Å². The number of aliphatic hydroxyl groups is 1. The number of β-amino-alcohol motifs (C(OH)–C–C–N with tert-alkyl or cyclic N) is 1. The van der Waals surface area contributed by atoms with Crippen LogP contribution in [0.2, 0.25) is 0 Å². The molecule has 1 aliphatic heterocycles. The smallest absolute Gasteiger partial charge is 0.136 e. The van der Waals surface area contributed by atoms with Crippen molar-refractivity contribution in [2.45, 2.75) is 32.8 Å². The molecule has 1 saturated heterocycles. The molecule has 168 valence electrons. The van der Waals surface area contributed by atoms with Crippen molar-refractivity contribution in [3.63, 3.8) is 0 Å². The van der Waals surface area contributed by atoms with E-state index in [2.05, 4.69) is 26.9 Å². The SMILES string of the molecule is Cc1nc(C)c(Cc2ccc(F)cc2)c(N2CCN(CC(O)Cc3ccccc3)CC2)n1. The van der Waals surface area contributed by atoms with Crippen molar-refractivity contribution in [3.05, 3.63) is 88.6 Å². The summed E-state index contributed by atoms with van der Waals surface area (Å²) in [7, 11) is 0. The number of hydrogen-bond acceptors (Lipinski definition) is 5. The molecule has 0 spiro atoms. The first-order valence-electron chi connectivity index (χ1n) is 11.3. The fourth-order valence-corrected chi connectivity index (χ4v) is 4.38. The van der Waals surface area contributed by atoms with Crippen LogP contribution >= 0.6 is 0 Å².